The largest absolute Gasteiger partial charge is 0.462 e. The second-order valence-electron chi connectivity index (χ2n) is 5.41. The molecule has 2 aliphatic heterocycles. The first-order valence-corrected chi connectivity index (χ1v) is 7.04. The van der Waals surface area contributed by atoms with E-state index in [0.29, 0.717) is 6.42 Å². The van der Waals surface area contributed by atoms with Gasteiger partial charge in [-0.2, -0.15) is 0 Å². The van der Waals surface area contributed by atoms with Crippen LogP contribution in [0.25, 0.3) is 0 Å². The molecule has 0 saturated heterocycles. The first kappa shape index (κ1) is 12.2. The van der Waals surface area contributed by atoms with Gasteiger partial charge in [0.25, 0.3) is 0 Å². The molecule has 0 unspecified atom stereocenters. The molecule has 0 saturated carbocycles. The van der Waals surface area contributed by atoms with Crippen LogP contribution in [0.3, 0.4) is 0 Å². The lowest BCUT2D eigenvalue weighted by molar-refractivity contribution is 0.00959. The maximum atomic E-state index is 5.88. The normalized spacial score (nSPS) is 22.9. The molecule has 2 heterocycles. The van der Waals surface area contributed by atoms with Crippen molar-refractivity contribution in [2.45, 2.75) is 18.9 Å². The fourth-order valence-electron chi connectivity index (χ4n) is 2.97. The summed E-state index contributed by atoms with van der Waals surface area (Å²) < 4.78 is 5.79. The van der Waals surface area contributed by atoms with E-state index in [-0.39, 0.29) is 0 Å². The van der Waals surface area contributed by atoms with E-state index in [4.69, 9.17) is 9.57 Å². The Morgan fingerprint density at radius 2 is 1.76 bits per heavy atom. The summed E-state index contributed by atoms with van der Waals surface area (Å²) in [5, 5.41) is 4.33. The summed E-state index contributed by atoms with van der Waals surface area (Å²) >= 11 is 0. The molecule has 21 heavy (non-hydrogen) atoms. The highest BCUT2D eigenvalue weighted by Gasteiger charge is 2.44. The molecule has 2 aliphatic rings. The lowest BCUT2D eigenvalue weighted by Gasteiger charge is -2.30. The van der Waals surface area contributed by atoms with E-state index in [1.807, 2.05) is 55.5 Å². The van der Waals surface area contributed by atoms with Gasteiger partial charge >= 0.3 is 0 Å². The zero-order valence-electron chi connectivity index (χ0n) is 11.7. The Balaban J connectivity index is 1.75. The molecule has 0 aromatic heterocycles. The third-order valence-corrected chi connectivity index (χ3v) is 3.91. The number of oxime groups is 1. The molecular weight excluding hydrogens is 262 g/mol. The molecule has 0 radical (unpaired) electrons. The van der Waals surface area contributed by atoms with Crippen molar-refractivity contribution in [1.82, 2.24) is 0 Å². The quantitative estimate of drug-likeness (QED) is 0.788. The number of allylic oxidation sites excluding steroid dienone is 1. The minimum atomic E-state index is -0.538. The number of hydrogen-bond acceptors (Lipinski definition) is 3. The molecule has 4 rings (SSSR count). The van der Waals surface area contributed by atoms with E-state index in [0.717, 1.165) is 28.3 Å². The summed E-state index contributed by atoms with van der Waals surface area (Å²) in [5.74, 6) is 1.69. The van der Waals surface area contributed by atoms with Gasteiger partial charge in [-0.15, -0.1) is 0 Å². The summed E-state index contributed by atoms with van der Waals surface area (Å²) in [5.41, 5.74) is 2.57. The molecule has 2 aromatic carbocycles. The van der Waals surface area contributed by atoms with E-state index < -0.39 is 5.60 Å². The minimum Gasteiger partial charge on any atom is -0.462 e. The second kappa shape index (κ2) is 4.48. The number of rotatable bonds is 1. The van der Waals surface area contributed by atoms with Crippen LogP contribution in [0, 0.1) is 0 Å². The predicted octanol–water partition coefficient (Wildman–Crippen LogP) is 4.00. The average Bonchev–Trinajstić information content (AvgIpc) is 2.93. The van der Waals surface area contributed by atoms with Crippen LogP contribution in [-0.4, -0.2) is 5.71 Å². The Morgan fingerprint density at radius 1 is 1.00 bits per heavy atom. The van der Waals surface area contributed by atoms with Crippen LogP contribution in [0.15, 0.2) is 71.6 Å². The second-order valence-corrected chi connectivity index (χ2v) is 5.41. The molecule has 0 amide bonds. The maximum Gasteiger partial charge on any atom is 0.193 e. The van der Waals surface area contributed by atoms with Gasteiger partial charge in [0.1, 0.15) is 11.5 Å². The number of fused-ring (bicyclic) bond motifs is 2. The fraction of sp³-hybridized carbons (Fsp3) is 0.167. The van der Waals surface area contributed by atoms with Crippen LogP contribution in [0.4, 0.5) is 0 Å². The van der Waals surface area contributed by atoms with E-state index in [1.165, 1.54) is 0 Å². The molecule has 3 nitrogen and oxygen atoms in total. The number of hydrogen-bond donors (Lipinski definition) is 0. The average molecular weight is 277 g/mol. The highest BCUT2D eigenvalue weighted by molar-refractivity contribution is 6.02. The van der Waals surface area contributed by atoms with E-state index >= 15 is 0 Å². The smallest absolute Gasteiger partial charge is 0.193 e. The van der Waals surface area contributed by atoms with Crippen LogP contribution in [0.2, 0.25) is 0 Å². The van der Waals surface area contributed by atoms with Gasteiger partial charge in [0.05, 0.1) is 5.71 Å². The van der Waals surface area contributed by atoms with Crippen molar-refractivity contribution >= 4 is 5.71 Å². The van der Waals surface area contributed by atoms with Crippen LogP contribution < -0.4 is 4.74 Å². The highest BCUT2D eigenvalue weighted by Crippen LogP contribution is 2.45. The molecular formula is C18H15NO2. The van der Waals surface area contributed by atoms with Gasteiger partial charge in [0.15, 0.2) is 5.60 Å². The molecule has 0 fully saturated rings. The Kier molecular flexibility index (Phi) is 2.61. The van der Waals surface area contributed by atoms with Crippen molar-refractivity contribution < 1.29 is 9.57 Å². The topological polar surface area (TPSA) is 30.8 Å². The van der Waals surface area contributed by atoms with Gasteiger partial charge in [-0.3, -0.25) is 0 Å². The monoisotopic (exact) mass is 277 g/mol. The summed E-state index contributed by atoms with van der Waals surface area (Å²) in [6.45, 7) is 1.95. The molecule has 0 bridgehead atoms. The fourth-order valence-corrected chi connectivity index (χ4v) is 2.97. The zero-order chi connectivity index (χ0) is 14.3. The Hall–Kier alpha value is -2.55. The Labute approximate surface area is 123 Å². The van der Waals surface area contributed by atoms with E-state index in [2.05, 4.69) is 17.3 Å². The van der Waals surface area contributed by atoms with Crippen molar-refractivity contribution in [2.75, 3.05) is 0 Å². The van der Waals surface area contributed by atoms with Crippen LogP contribution in [0.5, 0.6) is 5.75 Å². The summed E-state index contributed by atoms with van der Waals surface area (Å²) in [4.78, 5) is 5.88. The lowest BCUT2D eigenvalue weighted by atomic mass is 9.85. The van der Waals surface area contributed by atoms with Crippen LogP contribution in [-0.2, 0) is 10.4 Å². The highest BCUT2D eigenvalue weighted by atomic mass is 16.7. The van der Waals surface area contributed by atoms with E-state index in [9.17, 15) is 0 Å². The van der Waals surface area contributed by atoms with Crippen LogP contribution in [0.1, 0.15) is 24.5 Å². The molecule has 2 aromatic rings. The van der Waals surface area contributed by atoms with Crippen molar-refractivity contribution in [3.63, 3.8) is 0 Å². The Bertz CT molecular complexity index is 749. The van der Waals surface area contributed by atoms with Gasteiger partial charge in [-0.25, -0.2) is 0 Å². The molecule has 0 aliphatic carbocycles. The van der Waals surface area contributed by atoms with Crippen LogP contribution >= 0.6 is 0 Å². The SMILES string of the molecule is CC1=C[C@]2(CC(c3ccccc3)=NO2)c2ccccc2O1. The molecule has 1 atom stereocenters. The number of ether oxygens (including phenoxy) is 1. The van der Waals surface area contributed by atoms with Gasteiger partial charge in [-0.05, 0) is 18.6 Å². The third kappa shape index (κ3) is 1.93. The summed E-state index contributed by atoms with van der Waals surface area (Å²) in [6, 6.07) is 18.1. The number of nitrogens with zero attached hydrogens (tertiary/aromatic N) is 1. The zero-order valence-corrected chi connectivity index (χ0v) is 11.7. The molecule has 3 heteroatoms. The molecule has 0 N–H and O–H groups in total. The number of para-hydroxylation sites is 1. The predicted molar refractivity (Wildman–Crippen MR) is 81.2 cm³/mol. The van der Waals surface area contributed by atoms with Crippen molar-refractivity contribution in [3.8, 4) is 5.75 Å². The lowest BCUT2D eigenvalue weighted by Crippen LogP contribution is -2.28. The minimum absolute atomic E-state index is 0.538. The van der Waals surface area contributed by atoms with Gasteiger partial charge in [-0.1, -0.05) is 53.7 Å². The van der Waals surface area contributed by atoms with Crippen molar-refractivity contribution in [2.24, 2.45) is 5.16 Å². The van der Waals surface area contributed by atoms with Gasteiger partial charge < -0.3 is 9.57 Å². The first-order valence-electron chi connectivity index (χ1n) is 7.04. The standard InChI is InChI=1S/C18H15NO2/c1-13-11-18(15-9-5-6-10-17(15)20-13)12-16(19-21-18)14-7-3-2-4-8-14/h2-11H,12H2,1H3/t18-/m0/s1. The van der Waals surface area contributed by atoms with E-state index in [1.54, 1.807) is 0 Å². The third-order valence-electron chi connectivity index (χ3n) is 3.91. The number of benzene rings is 2. The van der Waals surface area contributed by atoms with Crippen molar-refractivity contribution in [1.29, 1.82) is 0 Å². The van der Waals surface area contributed by atoms with Gasteiger partial charge in [0.2, 0.25) is 0 Å². The van der Waals surface area contributed by atoms with Crippen molar-refractivity contribution in [3.05, 3.63) is 77.6 Å². The Morgan fingerprint density at radius 3 is 2.62 bits per heavy atom. The summed E-state index contributed by atoms with van der Waals surface area (Å²) in [6.07, 6.45) is 2.74. The molecule has 1 spiro atoms. The first-order chi connectivity index (χ1) is 10.3. The molecule has 104 valence electrons. The maximum absolute atomic E-state index is 5.88. The van der Waals surface area contributed by atoms with Gasteiger partial charge in [0, 0.05) is 18.1 Å². The summed E-state index contributed by atoms with van der Waals surface area (Å²) in [7, 11) is 0.